The normalized spacial score (nSPS) is 14.3. The third-order valence-electron chi connectivity index (χ3n) is 3.97. The van der Waals surface area contributed by atoms with Gasteiger partial charge in [-0.3, -0.25) is 0 Å². The molecule has 0 radical (unpaired) electrons. The third kappa shape index (κ3) is 2.84. The second-order valence-corrected chi connectivity index (χ2v) is 5.63. The van der Waals surface area contributed by atoms with Crippen molar-refractivity contribution in [2.45, 2.75) is 38.6 Å². The average Bonchev–Trinajstić information content (AvgIpc) is 3.31. The first-order valence-corrected chi connectivity index (χ1v) is 7.60. The number of anilines is 1. The molecule has 1 saturated carbocycles. The molecule has 1 aliphatic rings. The lowest BCUT2D eigenvalue weighted by molar-refractivity contribution is 0.0699. The van der Waals surface area contributed by atoms with E-state index in [-0.39, 0.29) is 0 Å². The average molecular weight is 284 g/mol. The molecule has 1 aromatic carbocycles. The summed E-state index contributed by atoms with van der Waals surface area (Å²) in [7, 11) is 0. The van der Waals surface area contributed by atoms with Crippen molar-refractivity contribution in [2.75, 3.05) is 11.4 Å². The molecule has 0 unspecified atom stereocenters. The highest BCUT2D eigenvalue weighted by atomic mass is 16.4. The molecule has 0 spiro atoms. The van der Waals surface area contributed by atoms with Crippen LogP contribution in [0.1, 0.15) is 43.0 Å². The largest absolute Gasteiger partial charge is 0.478 e. The maximum atomic E-state index is 11.5. The summed E-state index contributed by atoms with van der Waals surface area (Å²) in [5.74, 6) is -0.0804. The van der Waals surface area contributed by atoms with Gasteiger partial charge >= 0.3 is 5.97 Å². The molecule has 1 fully saturated rings. The van der Waals surface area contributed by atoms with Gasteiger partial charge in [0.05, 0.1) is 11.1 Å². The maximum absolute atomic E-state index is 11.5. The molecule has 21 heavy (non-hydrogen) atoms. The predicted octanol–water partition coefficient (Wildman–Crippen LogP) is 3.70. The molecule has 0 saturated heterocycles. The van der Waals surface area contributed by atoms with E-state index < -0.39 is 5.97 Å². The van der Waals surface area contributed by atoms with Gasteiger partial charge in [0.25, 0.3) is 0 Å². The standard InChI is InChI=1S/C17H20N2O2/c1-2-3-10-19(12-8-9-12)16-11-14(17(20)21)13-6-4-5-7-15(13)18-16/h4-7,11-12H,2-3,8-10H2,1H3,(H,20,21). The first-order valence-electron chi connectivity index (χ1n) is 7.60. The van der Waals surface area contributed by atoms with Gasteiger partial charge in [-0.25, -0.2) is 9.78 Å². The van der Waals surface area contributed by atoms with Crippen LogP contribution < -0.4 is 4.90 Å². The molecule has 1 aromatic heterocycles. The highest BCUT2D eigenvalue weighted by Crippen LogP contribution is 2.33. The van der Waals surface area contributed by atoms with Crippen LogP contribution in [0.4, 0.5) is 5.82 Å². The number of rotatable bonds is 6. The Labute approximate surface area is 124 Å². The Morgan fingerprint density at radius 1 is 1.38 bits per heavy atom. The van der Waals surface area contributed by atoms with Crippen molar-refractivity contribution >= 4 is 22.7 Å². The van der Waals surface area contributed by atoms with Crippen molar-refractivity contribution in [2.24, 2.45) is 0 Å². The van der Waals surface area contributed by atoms with Crippen LogP contribution in [0.2, 0.25) is 0 Å². The number of unbranched alkanes of at least 4 members (excludes halogenated alkanes) is 1. The number of benzene rings is 1. The van der Waals surface area contributed by atoms with Gasteiger partial charge in [-0.1, -0.05) is 31.5 Å². The number of carboxylic acid groups (broad SMARTS) is 1. The number of pyridine rings is 1. The van der Waals surface area contributed by atoms with Crippen LogP contribution in [0, 0.1) is 0 Å². The zero-order valence-electron chi connectivity index (χ0n) is 12.2. The van der Waals surface area contributed by atoms with Crippen molar-refractivity contribution in [1.29, 1.82) is 0 Å². The van der Waals surface area contributed by atoms with Gasteiger partial charge in [0.15, 0.2) is 0 Å². The SMILES string of the molecule is CCCCN(c1cc(C(=O)O)c2ccccc2n1)C1CC1. The minimum atomic E-state index is -0.888. The van der Waals surface area contributed by atoms with Crippen LogP contribution in [0.5, 0.6) is 0 Å². The number of hydrogen-bond donors (Lipinski definition) is 1. The molecule has 0 atom stereocenters. The van der Waals surface area contributed by atoms with E-state index in [9.17, 15) is 9.90 Å². The number of aromatic nitrogens is 1. The second-order valence-electron chi connectivity index (χ2n) is 5.63. The van der Waals surface area contributed by atoms with Gasteiger partial charge in [0, 0.05) is 18.0 Å². The quantitative estimate of drug-likeness (QED) is 0.878. The fourth-order valence-electron chi connectivity index (χ4n) is 2.68. The molecule has 3 rings (SSSR count). The van der Waals surface area contributed by atoms with Crippen molar-refractivity contribution in [3.8, 4) is 0 Å². The van der Waals surface area contributed by atoms with Crippen LogP contribution in [0.25, 0.3) is 10.9 Å². The molecule has 0 aliphatic heterocycles. The fraction of sp³-hybridized carbons (Fsp3) is 0.412. The van der Waals surface area contributed by atoms with Gasteiger partial charge in [-0.05, 0) is 31.4 Å². The van der Waals surface area contributed by atoms with Gasteiger partial charge in [-0.15, -0.1) is 0 Å². The van der Waals surface area contributed by atoms with Crippen LogP contribution in [0.3, 0.4) is 0 Å². The number of para-hydroxylation sites is 1. The van der Waals surface area contributed by atoms with E-state index in [1.54, 1.807) is 6.07 Å². The first kappa shape index (κ1) is 13.9. The summed E-state index contributed by atoms with van der Waals surface area (Å²) in [5.41, 5.74) is 1.10. The highest BCUT2D eigenvalue weighted by molar-refractivity contribution is 6.03. The van der Waals surface area contributed by atoms with Crippen LogP contribution >= 0.6 is 0 Å². The van der Waals surface area contributed by atoms with Crippen molar-refractivity contribution < 1.29 is 9.90 Å². The van der Waals surface area contributed by atoms with Gasteiger partial charge in [-0.2, -0.15) is 0 Å². The summed E-state index contributed by atoms with van der Waals surface area (Å²) in [4.78, 5) is 18.5. The Kier molecular flexibility index (Phi) is 3.78. The monoisotopic (exact) mass is 284 g/mol. The Bertz CT molecular complexity index is 665. The molecular formula is C17H20N2O2. The van der Waals surface area contributed by atoms with Crippen LogP contribution in [-0.4, -0.2) is 28.6 Å². The summed E-state index contributed by atoms with van der Waals surface area (Å²) < 4.78 is 0. The van der Waals surface area contributed by atoms with Gasteiger partial charge in [0.2, 0.25) is 0 Å². The number of aromatic carboxylic acids is 1. The number of nitrogens with zero attached hydrogens (tertiary/aromatic N) is 2. The van der Waals surface area contributed by atoms with E-state index in [0.29, 0.717) is 17.0 Å². The molecular weight excluding hydrogens is 264 g/mol. The van der Waals surface area contributed by atoms with E-state index in [2.05, 4.69) is 11.8 Å². The summed E-state index contributed by atoms with van der Waals surface area (Å²) in [5, 5.41) is 10.2. The van der Waals surface area contributed by atoms with Crippen molar-refractivity contribution in [1.82, 2.24) is 4.98 Å². The number of carbonyl (C=O) groups is 1. The second kappa shape index (κ2) is 5.72. The lowest BCUT2D eigenvalue weighted by atomic mass is 10.1. The summed E-state index contributed by atoms with van der Waals surface area (Å²) >= 11 is 0. The molecule has 4 heteroatoms. The molecule has 1 heterocycles. The van der Waals surface area contributed by atoms with E-state index in [1.807, 2.05) is 24.3 Å². The molecule has 4 nitrogen and oxygen atoms in total. The molecule has 2 aromatic rings. The Morgan fingerprint density at radius 3 is 2.81 bits per heavy atom. The molecule has 0 amide bonds. The smallest absolute Gasteiger partial charge is 0.336 e. The maximum Gasteiger partial charge on any atom is 0.336 e. The molecule has 1 aliphatic carbocycles. The molecule has 110 valence electrons. The van der Waals surface area contributed by atoms with Gasteiger partial charge in [0.1, 0.15) is 5.82 Å². The Hall–Kier alpha value is -2.10. The zero-order valence-corrected chi connectivity index (χ0v) is 12.2. The van der Waals surface area contributed by atoms with Crippen LogP contribution in [0.15, 0.2) is 30.3 Å². The Balaban J connectivity index is 2.06. The number of hydrogen-bond acceptors (Lipinski definition) is 3. The van der Waals surface area contributed by atoms with E-state index >= 15 is 0 Å². The predicted molar refractivity (Wildman–Crippen MR) is 84.0 cm³/mol. The van der Waals surface area contributed by atoms with E-state index in [4.69, 9.17) is 4.98 Å². The number of carboxylic acids is 1. The van der Waals surface area contributed by atoms with Crippen molar-refractivity contribution in [3.63, 3.8) is 0 Å². The fourth-order valence-corrected chi connectivity index (χ4v) is 2.68. The van der Waals surface area contributed by atoms with E-state index in [1.165, 1.54) is 12.8 Å². The summed E-state index contributed by atoms with van der Waals surface area (Å²) in [6.07, 6.45) is 4.59. The molecule has 1 N–H and O–H groups in total. The minimum Gasteiger partial charge on any atom is -0.478 e. The Morgan fingerprint density at radius 2 is 2.14 bits per heavy atom. The summed E-state index contributed by atoms with van der Waals surface area (Å²) in [6.45, 7) is 3.12. The lowest BCUT2D eigenvalue weighted by Crippen LogP contribution is -2.28. The molecule has 0 bridgehead atoms. The number of fused-ring (bicyclic) bond motifs is 1. The highest BCUT2D eigenvalue weighted by Gasteiger charge is 2.30. The third-order valence-corrected chi connectivity index (χ3v) is 3.97. The summed E-state index contributed by atoms with van der Waals surface area (Å²) in [6, 6.07) is 9.73. The zero-order chi connectivity index (χ0) is 14.8. The van der Waals surface area contributed by atoms with Crippen molar-refractivity contribution in [3.05, 3.63) is 35.9 Å². The topological polar surface area (TPSA) is 53.4 Å². The van der Waals surface area contributed by atoms with Gasteiger partial charge < -0.3 is 10.0 Å². The first-order chi connectivity index (χ1) is 10.2. The lowest BCUT2D eigenvalue weighted by Gasteiger charge is -2.24. The van der Waals surface area contributed by atoms with E-state index in [0.717, 1.165) is 30.7 Å². The minimum absolute atomic E-state index is 0.345. The van der Waals surface area contributed by atoms with Crippen LogP contribution in [-0.2, 0) is 0 Å².